The Kier molecular flexibility index (Phi) is 3.59. The van der Waals surface area contributed by atoms with Gasteiger partial charge in [0, 0.05) is 5.56 Å². The van der Waals surface area contributed by atoms with Gasteiger partial charge in [-0.15, -0.1) is 0 Å². The third kappa shape index (κ3) is 3.15. The molecule has 0 unspecified atom stereocenters. The molecule has 0 spiro atoms. The van der Waals surface area contributed by atoms with E-state index in [-0.39, 0.29) is 5.82 Å². The topological polar surface area (TPSA) is 153 Å². The number of hydrogen-bond donors (Lipinski definition) is 5. The van der Waals surface area contributed by atoms with E-state index in [1.165, 1.54) is 13.2 Å². The first-order chi connectivity index (χ1) is 7.12. The smallest absolute Gasteiger partial charge is 0.360 e. The van der Waals surface area contributed by atoms with Crippen LogP contribution in [-0.2, 0) is 9.13 Å². The number of hydrogen-bond acceptors (Lipinski definition) is 5. The summed E-state index contributed by atoms with van der Waals surface area (Å²) in [4.78, 5) is 35.2. The monoisotopic (exact) mass is 272 g/mol. The van der Waals surface area contributed by atoms with Gasteiger partial charge >= 0.3 is 15.2 Å². The van der Waals surface area contributed by atoms with Crippen molar-refractivity contribution >= 4 is 21.0 Å². The van der Waals surface area contributed by atoms with E-state index in [0.29, 0.717) is 5.56 Å². The predicted molar refractivity (Wildman–Crippen MR) is 52.7 cm³/mol. The highest BCUT2D eigenvalue weighted by molar-refractivity contribution is 7.71. The summed E-state index contributed by atoms with van der Waals surface area (Å²) < 4.78 is 26.2. The molecule has 92 valence electrons. The van der Waals surface area contributed by atoms with Gasteiger partial charge in [-0.3, -0.25) is 9.13 Å². The Balaban J connectivity index is 3.03. The summed E-state index contributed by atoms with van der Waals surface area (Å²) in [6.45, 7) is 1.50. The van der Waals surface area contributed by atoms with Crippen LogP contribution in [0.4, 0.5) is 5.82 Å². The van der Waals surface area contributed by atoms with Gasteiger partial charge in [-0.2, -0.15) is 0 Å². The first-order valence-corrected chi connectivity index (χ1v) is 7.26. The van der Waals surface area contributed by atoms with Gasteiger partial charge in [-0.25, -0.2) is 0 Å². The van der Waals surface area contributed by atoms with Crippen molar-refractivity contribution in [3.63, 3.8) is 0 Å². The number of aromatic nitrogens is 1. The summed E-state index contributed by atoms with van der Waals surface area (Å²) in [6.07, 6.45) is 1.17. The lowest BCUT2D eigenvalue weighted by Gasteiger charge is -2.20. The molecule has 0 saturated heterocycles. The fourth-order valence-corrected chi connectivity index (χ4v) is 3.06. The summed E-state index contributed by atoms with van der Waals surface area (Å²) in [5.74, 6) is -0.128. The maximum absolute atomic E-state index is 10.9. The maximum atomic E-state index is 10.9. The number of anilines is 1. The van der Waals surface area contributed by atoms with Crippen LogP contribution >= 0.6 is 15.2 Å². The van der Waals surface area contributed by atoms with Crippen LogP contribution in [0.5, 0.6) is 0 Å². The van der Waals surface area contributed by atoms with E-state index in [1.807, 2.05) is 5.32 Å². The molecule has 0 fully saturated rings. The fourth-order valence-electron chi connectivity index (χ4n) is 0.913. The van der Waals surface area contributed by atoms with Crippen LogP contribution in [0.1, 0.15) is 5.56 Å². The molecule has 16 heavy (non-hydrogen) atoms. The third-order valence-electron chi connectivity index (χ3n) is 1.65. The van der Waals surface area contributed by atoms with E-state index in [0.717, 1.165) is 0 Å². The molecule has 0 amide bonds. The Morgan fingerprint density at radius 1 is 1.31 bits per heavy atom. The highest BCUT2D eigenvalue weighted by Gasteiger charge is 2.44. The quantitative estimate of drug-likeness (QED) is 0.477. The number of aryl methyl sites for hydroxylation is 1. The average molecular weight is 272 g/mol. The average Bonchev–Trinajstić information content (AvgIpc) is 2.42. The fraction of sp³-hybridized carbons (Fsp3) is 0.400. The van der Waals surface area contributed by atoms with E-state index < -0.39 is 20.7 Å². The van der Waals surface area contributed by atoms with Gasteiger partial charge in [-0.05, 0) is 6.92 Å². The Morgan fingerprint density at radius 3 is 2.12 bits per heavy atom. The minimum Gasteiger partial charge on any atom is -0.362 e. The van der Waals surface area contributed by atoms with Gasteiger partial charge in [0.1, 0.15) is 6.26 Å². The summed E-state index contributed by atoms with van der Waals surface area (Å²) in [6, 6.07) is 0. The third-order valence-corrected chi connectivity index (χ3v) is 4.99. The lowest BCUT2D eigenvalue weighted by Crippen LogP contribution is -2.20. The Labute approximate surface area is 89.8 Å². The minimum atomic E-state index is -5.01. The number of nitrogens with zero attached hydrogens (tertiary/aromatic N) is 1. The van der Waals surface area contributed by atoms with Crippen molar-refractivity contribution in [3.8, 4) is 0 Å². The highest BCUT2D eigenvalue weighted by Crippen LogP contribution is 2.59. The molecule has 1 heterocycles. The summed E-state index contributed by atoms with van der Waals surface area (Å²) in [5.41, 5.74) is -1.96. The Bertz CT molecular complexity index is 437. The largest absolute Gasteiger partial charge is 0.362 e. The van der Waals surface area contributed by atoms with E-state index in [9.17, 15) is 9.13 Å². The standard InChI is InChI=1S/C5H10N2O7P2/c1-3-2-14-7-4(3)6-5(15(8,9)10)16(11,12)13/h2,5H,1H3,(H,6,7)(H2,8,9,10)(H2,11,12,13). The lowest BCUT2D eigenvalue weighted by molar-refractivity contribution is 0.343. The van der Waals surface area contributed by atoms with E-state index in [4.69, 9.17) is 19.6 Å². The van der Waals surface area contributed by atoms with Crippen molar-refractivity contribution in [2.75, 3.05) is 5.32 Å². The van der Waals surface area contributed by atoms with E-state index in [1.54, 1.807) is 0 Å². The SMILES string of the molecule is Cc1conc1NC(P(=O)(O)O)P(=O)(O)O. The minimum absolute atomic E-state index is 0.128. The highest BCUT2D eigenvalue weighted by atomic mass is 31.2. The molecule has 1 aromatic rings. The molecule has 0 aromatic carbocycles. The van der Waals surface area contributed by atoms with Crippen LogP contribution in [-0.4, -0.2) is 30.3 Å². The Hall–Kier alpha value is -0.690. The summed E-state index contributed by atoms with van der Waals surface area (Å²) in [7, 11) is -10.0. The van der Waals surface area contributed by atoms with Crippen molar-refractivity contribution in [1.29, 1.82) is 0 Å². The van der Waals surface area contributed by atoms with Gasteiger partial charge < -0.3 is 29.4 Å². The first kappa shape index (κ1) is 13.4. The van der Waals surface area contributed by atoms with Gasteiger partial charge in [0.05, 0.1) is 0 Å². The van der Waals surface area contributed by atoms with Crippen molar-refractivity contribution in [2.24, 2.45) is 0 Å². The van der Waals surface area contributed by atoms with Gasteiger partial charge in [0.25, 0.3) is 0 Å². The molecule has 0 aliphatic carbocycles. The number of rotatable bonds is 4. The van der Waals surface area contributed by atoms with Crippen LogP contribution in [0.15, 0.2) is 10.8 Å². The molecule has 1 rings (SSSR count). The molecule has 11 heteroatoms. The van der Waals surface area contributed by atoms with Crippen molar-refractivity contribution in [3.05, 3.63) is 11.8 Å². The Morgan fingerprint density at radius 2 is 1.81 bits per heavy atom. The van der Waals surface area contributed by atoms with Crippen LogP contribution < -0.4 is 5.32 Å². The van der Waals surface area contributed by atoms with Crippen LogP contribution in [0.25, 0.3) is 0 Å². The molecule has 0 atom stereocenters. The van der Waals surface area contributed by atoms with Crippen LogP contribution in [0, 0.1) is 6.92 Å². The van der Waals surface area contributed by atoms with Gasteiger partial charge in [0.15, 0.2) is 5.82 Å². The second kappa shape index (κ2) is 4.29. The molecule has 0 aliphatic rings. The first-order valence-electron chi connectivity index (χ1n) is 3.90. The predicted octanol–water partition coefficient (Wildman–Crippen LogP) is 0.0339. The molecule has 0 aliphatic heterocycles. The van der Waals surface area contributed by atoms with Crippen molar-refractivity contribution in [1.82, 2.24) is 5.16 Å². The molecular weight excluding hydrogens is 262 g/mol. The van der Waals surface area contributed by atoms with Gasteiger partial charge in [-0.1, -0.05) is 5.16 Å². The molecule has 0 bridgehead atoms. The molecule has 0 saturated carbocycles. The normalized spacial score (nSPS) is 13.1. The van der Waals surface area contributed by atoms with Crippen LogP contribution in [0.2, 0.25) is 0 Å². The lowest BCUT2D eigenvalue weighted by atomic mass is 10.4. The number of nitrogens with one attached hydrogen (secondary N) is 1. The second-order valence-corrected chi connectivity index (χ2v) is 6.84. The zero-order valence-electron chi connectivity index (χ0n) is 8.01. The zero-order chi connectivity index (χ0) is 12.6. The zero-order valence-corrected chi connectivity index (χ0v) is 9.80. The second-order valence-electron chi connectivity index (χ2n) is 3.04. The molecule has 5 N–H and O–H groups in total. The molecule has 1 aromatic heterocycles. The molecule has 0 radical (unpaired) electrons. The van der Waals surface area contributed by atoms with Crippen LogP contribution in [0.3, 0.4) is 0 Å². The summed E-state index contributed by atoms with van der Waals surface area (Å²) in [5, 5.41) is 5.29. The summed E-state index contributed by atoms with van der Waals surface area (Å²) >= 11 is 0. The van der Waals surface area contributed by atoms with Crippen molar-refractivity contribution < 1.29 is 33.2 Å². The van der Waals surface area contributed by atoms with E-state index >= 15 is 0 Å². The molecule has 9 nitrogen and oxygen atoms in total. The molecular formula is C5H10N2O7P2. The van der Waals surface area contributed by atoms with Gasteiger partial charge in [0.2, 0.25) is 5.52 Å². The van der Waals surface area contributed by atoms with Crippen molar-refractivity contribution in [2.45, 2.75) is 12.4 Å². The van der Waals surface area contributed by atoms with E-state index in [2.05, 4.69) is 9.68 Å². The maximum Gasteiger partial charge on any atom is 0.360 e.